The van der Waals surface area contributed by atoms with Crippen molar-refractivity contribution in [3.8, 4) is 0 Å². The van der Waals surface area contributed by atoms with E-state index in [-0.39, 0.29) is 29.9 Å². The number of imide groups is 1. The molecule has 3 atom stereocenters. The van der Waals surface area contributed by atoms with E-state index in [2.05, 4.69) is 10.3 Å². The lowest BCUT2D eigenvalue weighted by Crippen LogP contribution is -2.52. The zero-order chi connectivity index (χ0) is 23.3. The van der Waals surface area contributed by atoms with Gasteiger partial charge >= 0.3 is 6.03 Å². The SMILES string of the molecule is CC(C)C[C@@H](C(=O)NCC1CCCO1)N1C(=O)N2CCc3c([nH]c4ccccc34)[C@@]2(C)C1=O. The number of hydrogen-bond donors (Lipinski definition) is 2. The van der Waals surface area contributed by atoms with Crippen LogP contribution in [0.4, 0.5) is 4.79 Å². The highest BCUT2D eigenvalue weighted by atomic mass is 16.5. The first-order chi connectivity index (χ1) is 15.8. The summed E-state index contributed by atoms with van der Waals surface area (Å²) in [5.41, 5.74) is 1.65. The van der Waals surface area contributed by atoms with Crippen molar-refractivity contribution in [1.29, 1.82) is 0 Å². The number of hydrogen-bond acceptors (Lipinski definition) is 4. The number of aromatic nitrogens is 1. The smallest absolute Gasteiger partial charge is 0.328 e. The molecule has 2 saturated heterocycles. The van der Waals surface area contributed by atoms with E-state index in [0.29, 0.717) is 32.5 Å². The van der Waals surface area contributed by atoms with Gasteiger partial charge in [0.1, 0.15) is 6.04 Å². The van der Waals surface area contributed by atoms with Crippen LogP contribution in [0.2, 0.25) is 0 Å². The predicted octanol–water partition coefficient (Wildman–Crippen LogP) is 2.91. The third-order valence-corrected chi connectivity index (χ3v) is 7.33. The van der Waals surface area contributed by atoms with Crippen LogP contribution in [0.3, 0.4) is 0 Å². The highest BCUT2D eigenvalue weighted by Crippen LogP contribution is 2.44. The van der Waals surface area contributed by atoms with Crippen LogP contribution in [0.1, 0.15) is 51.3 Å². The molecular weight excluding hydrogens is 420 g/mol. The lowest BCUT2D eigenvalue weighted by atomic mass is 9.87. The first-order valence-corrected chi connectivity index (χ1v) is 12.0. The number of H-pyrrole nitrogens is 1. The molecule has 0 saturated carbocycles. The molecule has 2 N–H and O–H groups in total. The fraction of sp³-hybridized carbons (Fsp3) is 0.560. The maximum atomic E-state index is 13.9. The number of para-hydroxylation sites is 1. The molecule has 3 aliphatic rings. The van der Waals surface area contributed by atoms with Crippen molar-refractivity contribution < 1.29 is 19.1 Å². The van der Waals surface area contributed by atoms with Gasteiger partial charge in [-0.05, 0) is 50.2 Å². The number of carbonyl (C=O) groups excluding carboxylic acids is 3. The summed E-state index contributed by atoms with van der Waals surface area (Å²) in [5.74, 6) is -0.489. The van der Waals surface area contributed by atoms with Crippen LogP contribution < -0.4 is 5.32 Å². The number of amides is 4. The number of urea groups is 1. The Morgan fingerprint density at radius 2 is 2.09 bits per heavy atom. The van der Waals surface area contributed by atoms with Crippen LogP contribution in [0.25, 0.3) is 10.9 Å². The predicted molar refractivity (Wildman–Crippen MR) is 124 cm³/mol. The Morgan fingerprint density at radius 1 is 1.30 bits per heavy atom. The maximum Gasteiger partial charge on any atom is 0.328 e. The zero-order valence-corrected chi connectivity index (χ0v) is 19.5. The van der Waals surface area contributed by atoms with Crippen molar-refractivity contribution in [3.05, 3.63) is 35.5 Å². The van der Waals surface area contributed by atoms with E-state index in [1.807, 2.05) is 38.1 Å². The van der Waals surface area contributed by atoms with Gasteiger partial charge in [0, 0.05) is 30.6 Å². The van der Waals surface area contributed by atoms with Gasteiger partial charge in [0.2, 0.25) is 5.91 Å². The summed E-state index contributed by atoms with van der Waals surface area (Å²) in [5, 5.41) is 4.03. The molecule has 1 aromatic heterocycles. The molecule has 8 heteroatoms. The van der Waals surface area contributed by atoms with E-state index in [4.69, 9.17) is 4.74 Å². The molecule has 33 heavy (non-hydrogen) atoms. The summed E-state index contributed by atoms with van der Waals surface area (Å²) >= 11 is 0. The number of nitrogens with one attached hydrogen (secondary N) is 2. The van der Waals surface area contributed by atoms with Gasteiger partial charge in [-0.1, -0.05) is 32.0 Å². The average molecular weight is 453 g/mol. The van der Waals surface area contributed by atoms with E-state index in [0.717, 1.165) is 35.0 Å². The van der Waals surface area contributed by atoms with Gasteiger partial charge in [-0.15, -0.1) is 0 Å². The van der Waals surface area contributed by atoms with Crippen LogP contribution in [0.15, 0.2) is 24.3 Å². The molecule has 0 aliphatic carbocycles. The summed E-state index contributed by atoms with van der Waals surface area (Å²) < 4.78 is 5.62. The first kappa shape index (κ1) is 21.9. The lowest BCUT2D eigenvalue weighted by molar-refractivity contribution is -0.140. The third kappa shape index (κ3) is 3.42. The number of benzene rings is 1. The van der Waals surface area contributed by atoms with Gasteiger partial charge in [-0.3, -0.25) is 9.59 Å². The van der Waals surface area contributed by atoms with Crippen molar-refractivity contribution in [1.82, 2.24) is 20.1 Å². The molecular formula is C25H32N4O4. The average Bonchev–Trinajstić information content (AvgIpc) is 3.48. The molecule has 5 rings (SSSR count). The Bertz CT molecular complexity index is 1100. The highest BCUT2D eigenvalue weighted by molar-refractivity contribution is 6.11. The van der Waals surface area contributed by atoms with Gasteiger partial charge in [-0.2, -0.15) is 0 Å². The Hall–Kier alpha value is -2.87. The molecule has 2 aromatic rings. The fourth-order valence-electron chi connectivity index (χ4n) is 5.61. The number of rotatable bonds is 6. The van der Waals surface area contributed by atoms with Gasteiger partial charge in [0.15, 0.2) is 5.54 Å². The van der Waals surface area contributed by atoms with Gasteiger partial charge in [0.05, 0.1) is 11.8 Å². The minimum atomic E-state index is -1.15. The van der Waals surface area contributed by atoms with Gasteiger partial charge in [-0.25, -0.2) is 9.69 Å². The quantitative estimate of drug-likeness (QED) is 0.659. The van der Waals surface area contributed by atoms with Crippen LogP contribution >= 0.6 is 0 Å². The summed E-state index contributed by atoms with van der Waals surface area (Å²) in [7, 11) is 0. The Morgan fingerprint density at radius 3 is 2.82 bits per heavy atom. The van der Waals surface area contributed by atoms with Crippen molar-refractivity contribution >= 4 is 28.7 Å². The second-order valence-corrected chi connectivity index (χ2v) is 9.98. The number of ether oxygens (including phenoxy) is 1. The summed E-state index contributed by atoms with van der Waals surface area (Å²) in [6.07, 6.45) is 2.97. The van der Waals surface area contributed by atoms with Crippen molar-refractivity contribution in [2.45, 2.75) is 64.1 Å². The Balaban J connectivity index is 1.48. The second-order valence-electron chi connectivity index (χ2n) is 9.98. The lowest BCUT2D eigenvalue weighted by Gasteiger charge is -2.36. The van der Waals surface area contributed by atoms with Crippen LogP contribution in [-0.4, -0.2) is 64.5 Å². The van der Waals surface area contributed by atoms with E-state index in [9.17, 15) is 14.4 Å². The largest absolute Gasteiger partial charge is 0.376 e. The molecule has 4 heterocycles. The highest BCUT2D eigenvalue weighted by Gasteiger charge is 2.60. The van der Waals surface area contributed by atoms with E-state index >= 15 is 0 Å². The van der Waals surface area contributed by atoms with Crippen molar-refractivity contribution in [3.63, 3.8) is 0 Å². The molecule has 0 spiro atoms. The molecule has 0 radical (unpaired) electrons. The number of aromatic amines is 1. The molecule has 0 bridgehead atoms. The normalized spacial score (nSPS) is 25.6. The van der Waals surface area contributed by atoms with Crippen LogP contribution in [0, 0.1) is 5.92 Å². The second kappa shape index (κ2) is 8.17. The zero-order valence-electron chi connectivity index (χ0n) is 19.5. The monoisotopic (exact) mass is 452 g/mol. The standard InChI is InChI=1S/C25H32N4O4/c1-15(2)13-20(22(30)26-14-16-7-6-12-33-16)29-23(31)25(3)21-18(10-11-28(25)24(29)32)17-8-4-5-9-19(17)27-21/h4-5,8-9,15-16,20,27H,6-7,10-14H2,1-3H3,(H,26,30)/t16?,20-,25-/m0/s1. The first-order valence-electron chi connectivity index (χ1n) is 12.0. The minimum Gasteiger partial charge on any atom is -0.376 e. The molecule has 1 unspecified atom stereocenters. The number of nitrogens with zero attached hydrogens (tertiary/aromatic N) is 2. The molecule has 176 valence electrons. The minimum absolute atomic E-state index is 0.00335. The summed E-state index contributed by atoms with van der Waals surface area (Å²) in [4.78, 5) is 47.0. The maximum absolute atomic E-state index is 13.9. The number of fused-ring (bicyclic) bond motifs is 5. The van der Waals surface area contributed by atoms with E-state index in [1.165, 1.54) is 4.90 Å². The Labute approximate surface area is 193 Å². The third-order valence-electron chi connectivity index (χ3n) is 7.33. The molecule has 3 aliphatic heterocycles. The van der Waals surface area contributed by atoms with Crippen LogP contribution in [-0.2, 0) is 26.3 Å². The van der Waals surface area contributed by atoms with Crippen LogP contribution in [0.5, 0.6) is 0 Å². The van der Waals surface area contributed by atoms with E-state index in [1.54, 1.807) is 11.8 Å². The summed E-state index contributed by atoms with van der Waals surface area (Å²) in [6.45, 7) is 7.35. The van der Waals surface area contributed by atoms with Gasteiger partial charge < -0.3 is 19.9 Å². The van der Waals surface area contributed by atoms with Crippen molar-refractivity contribution in [2.75, 3.05) is 19.7 Å². The number of carbonyl (C=O) groups is 3. The topological polar surface area (TPSA) is 94.7 Å². The van der Waals surface area contributed by atoms with Gasteiger partial charge in [0.25, 0.3) is 5.91 Å². The summed E-state index contributed by atoms with van der Waals surface area (Å²) in [6, 6.07) is 6.74. The molecule has 8 nitrogen and oxygen atoms in total. The Kier molecular flexibility index (Phi) is 5.43. The molecule has 2 fully saturated rings. The molecule has 4 amide bonds. The van der Waals surface area contributed by atoms with Crippen molar-refractivity contribution in [2.24, 2.45) is 5.92 Å². The van der Waals surface area contributed by atoms with E-state index < -0.39 is 11.6 Å². The molecule has 1 aromatic carbocycles. The fourth-order valence-corrected chi connectivity index (χ4v) is 5.61.